The number of hydrogen-bond donors (Lipinski definition) is 1. The van der Waals surface area contributed by atoms with Gasteiger partial charge >= 0.3 is 0 Å². The highest BCUT2D eigenvalue weighted by Crippen LogP contribution is 2.43. The third-order valence-corrected chi connectivity index (χ3v) is 5.62. The number of aliphatic hydroxyl groups is 1. The maximum atomic E-state index is 13.2. The Bertz CT molecular complexity index is 1420. The van der Waals surface area contributed by atoms with Crippen molar-refractivity contribution in [3.63, 3.8) is 0 Å². The van der Waals surface area contributed by atoms with Crippen LogP contribution in [0.5, 0.6) is 5.75 Å². The zero-order chi connectivity index (χ0) is 26.0. The number of anilines is 1. The fraction of sp³-hybridized carbons (Fsp3) is 0.148. The molecule has 1 heterocycles. The van der Waals surface area contributed by atoms with Crippen molar-refractivity contribution in [3.05, 3.63) is 105 Å². The average molecular weight is 483 g/mol. The summed E-state index contributed by atoms with van der Waals surface area (Å²) in [5.74, 6) is -1.71. The molecule has 0 radical (unpaired) electrons. The molecule has 1 fully saturated rings. The molecule has 1 unspecified atom stereocenters. The van der Waals surface area contributed by atoms with Gasteiger partial charge in [0.15, 0.2) is 0 Å². The van der Waals surface area contributed by atoms with Gasteiger partial charge in [-0.15, -0.1) is 0 Å². The molecule has 1 N–H and O–H groups in total. The van der Waals surface area contributed by atoms with Gasteiger partial charge in [0.05, 0.1) is 34.3 Å². The molecule has 9 nitrogen and oxygen atoms in total. The van der Waals surface area contributed by atoms with Gasteiger partial charge in [0.2, 0.25) is 0 Å². The Kier molecular flexibility index (Phi) is 6.52. The quantitative estimate of drug-likeness (QED) is 0.174. The largest absolute Gasteiger partial charge is 0.507 e. The number of non-ortho nitro benzene ring substituents is 1. The summed E-state index contributed by atoms with van der Waals surface area (Å²) in [6.07, 6.45) is -0.120. The number of carbonyl (C=O) groups is 2. The second-order valence-corrected chi connectivity index (χ2v) is 8.37. The number of rotatable bonds is 6. The van der Waals surface area contributed by atoms with E-state index >= 15 is 0 Å². The van der Waals surface area contributed by atoms with Crippen LogP contribution in [0.25, 0.3) is 5.76 Å². The van der Waals surface area contributed by atoms with Crippen molar-refractivity contribution in [2.45, 2.75) is 26.0 Å². The summed E-state index contributed by atoms with van der Waals surface area (Å²) >= 11 is 0. The van der Waals surface area contributed by atoms with E-state index in [4.69, 9.17) is 10.00 Å². The minimum absolute atomic E-state index is 0.120. The van der Waals surface area contributed by atoms with Crippen LogP contribution in [0, 0.1) is 21.4 Å². The molecule has 36 heavy (non-hydrogen) atoms. The van der Waals surface area contributed by atoms with E-state index in [1.165, 1.54) is 41.3 Å². The Balaban J connectivity index is 1.91. The molecule has 0 aromatic heterocycles. The van der Waals surface area contributed by atoms with Crippen LogP contribution < -0.4 is 9.64 Å². The third kappa shape index (κ3) is 4.52. The Morgan fingerprint density at radius 2 is 1.75 bits per heavy atom. The number of ketones is 1. The van der Waals surface area contributed by atoms with E-state index in [1.807, 2.05) is 19.9 Å². The monoisotopic (exact) mass is 483 g/mol. The molecule has 1 saturated heterocycles. The number of nitriles is 1. The van der Waals surface area contributed by atoms with Crippen molar-refractivity contribution in [3.8, 4) is 11.8 Å². The van der Waals surface area contributed by atoms with Crippen LogP contribution in [0.4, 0.5) is 11.4 Å². The fourth-order valence-corrected chi connectivity index (χ4v) is 4.04. The van der Waals surface area contributed by atoms with Crippen LogP contribution in [-0.4, -0.2) is 27.8 Å². The van der Waals surface area contributed by atoms with E-state index in [0.29, 0.717) is 22.6 Å². The molecule has 1 aliphatic rings. The van der Waals surface area contributed by atoms with E-state index in [0.717, 1.165) is 0 Å². The van der Waals surface area contributed by atoms with Crippen molar-refractivity contribution in [2.24, 2.45) is 0 Å². The fourth-order valence-electron chi connectivity index (χ4n) is 4.04. The lowest BCUT2D eigenvalue weighted by atomic mass is 9.95. The number of amides is 1. The first-order valence-electron chi connectivity index (χ1n) is 11.0. The van der Waals surface area contributed by atoms with Crippen LogP contribution in [0.1, 0.15) is 36.6 Å². The highest BCUT2D eigenvalue weighted by Gasteiger charge is 2.47. The molecule has 3 aromatic rings. The Labute approximate surface area is 206 Å². The maximum absolute atomic E-state index is 13.2. The maximum Gasteiger partial charge on any atom is 0.300 e. The molecule has 0 saturated carbocycles. The molecule has 1 atom stereocenters. The summed E-state index contributed by atoms with van der Waals surface area (Å²) in [6, 6.07) is 19.1. The van der Waals surface area contributed by atoms with Crippen molar-refractivity contribution in [1.82, 2.24) is 0 Å². The molecule has 0 aliphatic carbocycles. The van der Waals surface area contributed by atoms with Crippen molar-refractivity contribution in [1.29, 1.82) is 5.26 Å². The molecule has 9 heteroatoms. The normalized spacial score (nSPS) is 16.7. The highest BCUT2D eigenvalue weighted by molar-refractivity contribution is 6.51. The molecule has 180 valence electrons. The molecule has 0 spiro atoms. The number of Topliss-reactive ketones (excluding diaryl/α,β-unsaturated/α-hetero) is 1. The van der Waals surface area contributed by atoms with Crippen LogP contribution in [0.3, 0.4) is 0 Å². The second kappa shape index (κ2) is 9.72. The number of ether oxygens (including phenoxy) is 1. The van der Waals surface area contributed by atoms with Gasteiger partial charge in [0, 0.05) is 23.4 Å². The summed E-state index contributed by atoms with van der Waals surface area (Å²) in [5, 5.41) is 31.3. The first-order chi connectivity index (χ1) is 17.2. The van der Waals surface area contributed by atoms with Crippen LogP contribution in [0.15, 0.2) is 78.4 Å². The zero-order valence-electron chi connectivity index (χ0n) is 19.4. The molecule has 3 aromatic carbocycles. The Hall–Kier alpha value is -4.97. The predicted octanol–water partition coefficient (Wildman–Crippen LogP) is 4.88. The summed E-state index contributed by atoms with van der Waals surface area (Å²) < 4.78 is 5.79. The van der Waals surface area contributed by atoms with Gasteiger partial charge in [0.25, 0.3) is 17.4 Å². The smallest absolute Gasteiger partial charge is 0.300 e. The zero-order valence-corrected chi connectivity index (χ0v) is 19.4. The minimum Gasteiger partial charge on any atom is -0.507 e. The highest BCUT2D eigenvalue weighted by atomic mass is 16.6. The van der Waals surface area contributed by atoms with E-state index in [2.05, 4.69) is 0 Å². The number of nitro groups is 1. The van der Waals surface area contributed by atoms with Gasteiger partial charge in [-0.25, -0.2) is 0 Å². The summed E-state index contributed by atoms with van der Waals surface area (Å²) in [7, 11) is 0. The van der Waals surface area contributed by atoms with Gasteiger partial charge in [-0.2, -0.15) is 5.26 Å². The number of benzene rings is 3. The predicted molar refractivity (Wildman–Crippen MR) is 131 cm³/mol. The standard InChI is InChI=1S/C27H21N3O6/c1-16(2)36-22-5-3-4-19(14-22)24-23(25(31)18-8-12-21(13-9-18)30(34)35)26(32)27(33)29(24)20-10-6-17(15-28)7-11-20/h3-14,16,24,31H,1-2H3/b25-23+. The van der Waals surface area contributed by atoms with E-state index in [1.54, 1.807) is 36.4 Å². The van der Waals surface area contributed by atoms with Gasteiger partial charge in [-0.05, 0) is 67.9 Å². The van der Waals surface area contributed by atoms with Crippen LogP contribution in [0.2, 0.25) is 0 Å². The molecule has 0 bridgehead atoms. The molecule has 4 rings (SSSR count). The van der Waals surface area contributed by atoms with E-state index < -0.39 is 28.4 Å². The van der Waals surface area contributed by atoms with Crippen LogP contribution >= 0.6 is 0 Å². The first kappa shape index (κ1) is 24.2. The first-order valence-corrected chi connectivity index (χ1v) is 11.0. The number of hydrogen-bond acceptors (Lipinski definition) is 7. The SMILES string of the molecule is CC(C)Oc1cccc(C2/C(=C(\O)c3ccc([N+](=O)[O-])cc3)C(=O)C(=O)N2c2ccc(C#N)cc2)c1. The van der Waals surface area contributed by atoms with E-state index in [-0.39, 0.29) is 22.9 Å². The van der Waals surface area contributed by atoms with Gasteiger partial charge in [-0.3, -0.25) is 24.6 Å². The molecule has 1 amide bonds. The Morgan fingerprint density at radius 1 is 1.08 bits per heavy atom. The molecule has 1 aliphatic heterocycles. The minimum atomic E-state index is -1.01. The van der Waals surface area contributed by atoms with Gasteiger partial charge in [-0.1, -0.05) is 12.1 Å². The van der Waals surface area contributed by atoms with Crippen molar-refractivity contribution in [2.75, 3.05) is 4.90 Å². The average Bonchev–Trinajstić information content (AvgIpc) is 3.13. The third-order valence-electron chi connectivity index (χ3n) is 5.62. The number of nitrogens with zero attached hydrogens (tertiary/aromatic N) is 3. The second-order valence-electron chi connectivity index (χ2n) is 8.37. The molecular formula is C27H21N3O6. The molecular weight excluding hydrogens is 462 g/mol. The lowest BCUT2D eigenvalue weighted by molar-refractivity contribution is -0.384. The van der Waals surface area contributed by atoms with E-state index in [9.17, 15) is 24.8 Å². The van der Waals surface area contributed by atoms with Crippen molar-refractivity contribution >= 4 is 28.8 Å². The summed E-state index contributed by atoms with van der Waals surface area (Å²) in [4.78, 5) is 38.2. The summed E-state index contributed by atoms with van der Waals surface area (Å²) in [6.45, 7) is 3.73. The number of nitro benzene ring substituents is 1. The lowest BCUT2D eigenvalue weighted by Crippen LogP contribution is -2.29. The summed E-state index contributed by atoms with van der Waals surface area (Å²) in [5.41, 5.74) is 1.06. The van der Waals surface area contributed by atoms with Crippen molar-refractivity contribution < 1.29 is 24.4 Å². The van der Waals surface area contributed by atoms with Gasteiger partial charge < -0.3 is 9.84 Å². The number of aliphatic hydroxyl groups excluding tert-OH is 1. The lowest BCUT2D eigenvalue weighted by Gasteiger charge is -2.26. The topological polar surface area (TPSA) is 134 Å². The number of carbonyl (C=O) groups excluding carboxylic acids is 2. The van der Waals surface area contributed by atoms with Crippen LogP contribution in [-0.2, 0) is 9.59 Å². The van der Waals surface area contributed by atoms with Gasteiger partial charge in [0.1, 0.15) is 11.5 Å². The Morgan fingerprint density at radius 3 is 2.33 bits per heavy atom.